The number of nitrogens with one attached hydrogen (secondary N) is 1. The molecule has 1 aromatic carbocycles. The quantitative estimate of drug-likeness (QED) is 0.738. The van der Waals surface area contributed by atoms with Gasteiger partial charge in [0.2, 0.25) is 5.91 Å². The molecule has 0 bridgehead atoms. The Kier molecular flexibility index (Phi) is 3.66. The minimum Gasteiger partial charge on any atom is -0.480 e. The van der Waals surface area contributed by atoms with Crippen molar-refractivity contribution in [3.8, 4) is 5.75 Å². The molecule has 122 valence electrons. The maximum absolute atomic E-state index is 11.1. The summed E-state index contributed by atoms with van der Waals surface area (Å²) in [6.45, 7) is 0.478. The second-order valence-electron chi connectivity index (χ2n) is 5.38. The van der Waals surface area contributed by atoms with E-state index >= 15 is 0 Å². The van der Waals surface area contributed by atoms with E-state index in [9.17, 15) is 4.79 Å². The van der Waals surface area contributed by atoms with Gasteiger partial charge in [-0.2, -0.15) is 0 Å². The molecule has 24 heavy (non-hydrogen) atoms. The molecule has 0 fully saturated rings. The molecular formula is C16H14N4O3S. The lowest BCUT2D eigenvalue weighted by Crippen LogP contribution is -2.09. The van der Waals surface area contributed by atoms with Crippen molar-refractivity contribution in [2.24, 2.45) is 5.73 Å². The van der Waals surface area contributed by atoms with Crippen LogP contribution in [0.15, 0.2) is 40.1 Å². The average Bonchev–Trinajstić information content (AvgIpc) is 3.30. The molecule has 3 heterocycles. The fourth-order valence-electron chi connectivity index (χ4n) is 2.52. The molecule has 8 heteroatoms. The lowest BCUT2D eigenvalue weighted by molar-refractivity contribution is 0.100. The van der Waals surface area contributed by atoms with E-state index in [1.54, 1.807) is 11.4 Å². The topological polar surface area (TPSA) is 103 Å². The van der Waals surface area contributed by atoms with Crippen molar-refractivity contribution < 1.29 is 13.9 Å². The maximum atomic E-state index is 11.1. The zero-order chi connectivity index (χ0) is 16.5. The van der Waals surface area contributed by atoms with E-state index in [0.29, 0.717) is 30.4 Å². The minimum absolute atomic E-state index is 0.256. The number of primary amides is 1. The van der Waals surface area contributed by atoms with Gasteiger partial charge in [0.25, 0.3) is 5.89 Å². The third kappa shape index (κ3) is 2.83. The second kappa shape index (κ2) is 5.97. The molecule has 1 amide bonds. The van der Waals surface area contributed by atoms with Gasteiger partial charge >= 0.3 is 6.01 Å². The molecule has 1 aliphatic heterocycles. The predicted octanol–water partition coefficient (Wildman–Crippen LogP) is 2.52. The van der Waals surface area contributed by atoms with E-state index in [1.165, 1.54) is 11.3 Å². The van der Waals surface area contributed by atoms with Crippen LogP contribution in [0.4, 0.5) is 6.01 Å². The Labute approximate surface area is 141 Å². The van der Waals surface area contributed by atoms with Gasteiger partial charge in [0.15, 0.2) is 6.10 Å². The summed E-state index contributed by atoms with van der Waals surface area (Å²) >= 11 is 1.44. The van der Waals surface area contributed by atoms with Crippen molar-refractivity contribution in [1.29, 1.82) is 0 Å². The number of carbonyl (C=O) groups excluding carboxylic acids is 1. The van der Waals surface area contributed by atoms with E-state index in [2.05, 4.69) is 15.5 Å². The highest BCUT2D eigenvalue weighted by Crippen LogP contribution is 2.36. The number of para-hydroxylation sites is 1. The highest BCUT2D eigenvalue weighted by Gasteiger charge is 2.28. The third-order valence-corrected chi connectivity index (χ3v) is 4.65. The van der Waals surface area contributed by atoms with Crippen LogP contribution in [-0.4, -0.2) is 16.1 Å². The van der Waals surface area contributed by atoms with Crippen molar-refractivity contribution in [2.45, 2.75) is 19.1 Å². The van der Waals surface area contributed by atoms with Crippen LogP contribution >= 0.6 is 11.3 Å². The van der Waals surface area contributed by atoms with Crippen molar-refractivity contribution in [2.75, 3.05) is 5.32 Å². The minimum atomic E-state index is -0.435. The number of rotatable bonds is 5. The molecule has 0 aliphatic carbocycles. The number of hydrogen-bond acceptors (Lipinski definition) is 7. The fraction of sp³-hybridized carbons (Fsp3) is 0.188. The average molecular weight is 342 g/mol. The van der Waals surface area contributed by atoms with E-state index in [0.717, 1.165) is 16.2 Å². The smallest absolute Gasteiger partial charge is 0.315 e. The van der Waals surface area contributed by atoms with Gasteiger partial charge in [-0.25, -0.2) is 0 Å². The summed E-state index contributed by atoms with van der Waals surface area (Å²) in [5.41, 5.74) is 6.87. The summed E-state index contributed by atoms with van der Waals surface area (Å²) in [5, 5.41) is 12.8. The number of fused-ring (bicyclic) bond motifs is 1. The predicted molar refractivity (Wildman–Crippen MR) is 88.0 cm³/mol. The van der Waals surface area contributed by atoms with Crippen LogP contribution in [0.2, 0.25) is 0 Å². The number of amides is 1. The van der Waals surface area contributed by atoms with Gasteiger partial charge in [0.1, 0.15) is 5.75 Å². The number of ether oxygens (including phenoxy) is 1. The zero-order valence-electron chi connectivity index (χ0n) is 12.6. The first kappa shape index (κ1) is 14.7. The number of aromatic nitrogens is 2. The van der Waals surface area contributed by atoms with Crippen molar-refractivity contribution in [3.05, 3.63) is 57.6 Å². The molecule has 4 rings (SSSR count). The Balaban J connectivity index is 1.39. The number of nitrogens with two attached hydrogens (primary N) is 1. The van der Waals surface area contributed by atoms with E-state index in [4.69, 9.17) is 14.9 Å². The molecule has 2 aromatic heterocycles. The highest BCUT2D eigenvalue weighted by atomic mass is 32.1. The Morgan fingerprint density at radius 3 is 3.04 bits per heavy atom. The second-order valence-corrected chi connectivity index (χ2v) is 6.38. The van der Waals surface area contributed by atoms with Crippen molar-refractivity contribution in [1.82, 2.24) is 10.2 Å². The molecule has 0 radical (unpaired) electrons. The Morgan fingerprint density at radius 2 is 2.25 bits per heavy atom. The molecule has 1 atom stereocenters. The number of nitrogens with zero attached hydrogens (tertiary/aromatic N) is 2. The van der Waals surface area contributed by atoms with E-state index < -0.39 is 5.91 Å². The van der Waals surface area contributed by atoms with Gasteiger partial charge in [-0.15, -0.1) is 16.4 Å². The Bertz CT molecular complexity index is 864. The number of carbonyl (C=O) groups is 1. The Hall–Kier alpha value is -2.87. The van der Waals surface area contributed by atoms with Crippen LogP contribution in [0, 0.1) is 0 Å². The van der Waals surface area contributed by atoms with Crippen LogP contribution in [0.3, 0.4) is 0 Å². The normalized spacial score (nSPS) is 15.8. The first-order chi connectivity index (χ1) is 11.7. The fourth-order valence-corrected chi connectivity index (χ4v) is 3.33. The first-order valence-electron chi connectivity index (χ1n) is 7.38. The molecule has 7 nitrogen and oxygen atoms in total. The van der Waals surface area contributed by atoms with Gasteiger partial charge in [-0.1, -0.05) is 23.3 Å². The van der Waals surface area contributed by atoms with Crippen molar-refractivity contribution in [3.63, 3.8) is 0 Å². The summed E-state index contributed by atoms with van der Waals surface area (Å²) < 4.78 is 11.5. The molecule has 0 spiro atoms. The SMILES string of the molecule is NC(=O)c1csc(CNc2nnc([C@@H]3Cc4ccccc4O3)o2)c1. The lowest BCUT2D eigenvalue weighted by atomic mass is 10.1. The monoisotopic (exact) mass is 342 g/mol. The molecule has 3 N–H and O–H groups in total. The summed E-state index contributed by atoms with van der Waals surface area (Å²) in [4.78, 5) is 12.0. The maximum Gasteiger partial charge on any atom is 0.315 e. The molecule has 1 aliphatic rings. The zero-order valence-corrected chi connectivity index (χ0v) is 13.4. The van der Waals surface area contributed by atoms with Gasteiger partial charge < -0.3 is 20.2 Å². The molecule has 0 unspecified atom stereocenters. The van der Waals surface area contributed by atoms with Crippen LogP contribution in [0.25, 0.3) is 0 Å². The molecule has 3 aromatic rings. The van der Waals surface area contributed by atoms with Crippen LogP contribution < -0.4 is 15.8 Å². The summed E-state index contributed by atoms with van der Waals surface area (Å²) in [6.07, 6.45) is 0.457. The molecular weight excluding hydrogens is 328 g/mol. The van der Waals surface area contributed by atoms with Gasteiger partial charge in [-0.05, 0) is 17.7 Å². The molecule has 0 saturated carbocycles. The third-order valence-electron chi connectivity index (χ3n) is 3.72. The van der Waals surface area contributed by atoms with Crippen LogP contribution in [0.5, 0.6) is 5.75 Å². The Morgan fingerprint density at radius 1 is 1.38 bits per heavy atom. The lowest BCUT2D eigenvalue weighted by Gasteiger charge is -2.04. The summed E-state index contributed by atoms with van der Waals surface area (Å²) in [6, 6.07) is 9.93. The standard InChI is InChI=1S/C16H14N4O3S/c17-14(21)10-5-11(24-8-10)7-18-16-20-19-15(23-16)13-6-9-3-1-2-4-12(9)22-13/h1-5,8,13H,6-7H2,(H2,17,21)(H,18,20)/t13-/m0/s1. The largest absolute Gasteiger partial charge is 0.480 e. The van der Waals surface area contributed by atoms with Gasteiger partial charge in [0, 0.05) is 16.7 Å². The summed E-state index contributed by atoms with van der Waals surface area (Å²) in [5.74, 6) is 0.862. The van der Waals surface area contributed by atoms with Crippen molar-refractivity contribution >= 4 is 23.3 Å². The summed E-state index contributed by atoms with van der Waals surface area (Å²) in [7, 11) is 0. The molecule has 0 saturated heterocycles. The van der Waals surface area contributed by atoms with Crippen LogP contribution in [0.1, 0.15) is 32.8 Å². The number of hydrogen-bond donors (Lipinski definition) is 2. The highest BCUT2D eigenvalue weighted by molar-refractivity contribution is 7.10. The van der Waals surface area contributed by atoms with Crippen LogP contribution in [-0.2, 0) is 13.0 Å². The number of benzene rings is 1. The van der Waals surface area contributed by atoms with E-state index in [1.807, 2.05) is 24.3 Å². The number of thiophene rings is 1. The van der Waals surface area contributed by atoms with Gasteiger partial charge in [-0.3, -0.25) is 4.79 Å². The van der Waals surface area contributed by atoms with E-state index in [-0.39, 0.29) is 6.10 Å². The van der Waals surface area contributed by atoms with Gasteiger partial charge in [0.05, 0.1) is 12.1 Å². The number of anilines is 1. The first-order valence-corrected chi connectivity index (χ1v) is 8.26.